The van der Waals surface area contributed by atoms with Crippen LogP contribution in [0.3, 0.4) is 0 Å². The molecule has 0 amide bonds. The van der Waals surface area contributed by atoms with Crippen LogP contribution in [0.5, 0.6) is 5.75 Å². The van der Waals surface area contributed by atoms with Crippen LogP contribution in [0, 0.1) is 0 Å². The van der Waals surface area contributed by atoms with Crippen molar-refractivity contribution in [1.82, 2.24) is 0 Å². The number of methoxy groups -OCH3 is 1. The molecule has 0 aliphatic heterocycles. The van der Waals surface area contributed by atoms with Crippen LogP contribution in [0.1, 0.15) is 19.4 Å². The highest BCUT2D eigenvalue weighted by Gasteiger charge is 2.23. The Balaban J connectivity index is 3.23. The molecule has 0 aliphatic carbocycles. The largest absolute Gasteiger partial charge is 0.496 e. The summed E-state index contributed by atoms with van der Waals surface area (Å²) < 4.78 is 6.36. The van der Waals surface area contributed by atoms with Crippen LogP contribution in [0.15, 0.2) is 22.7 Å². The van der Waals surface area contributed by atoms with Crippen molar-refractivity contribution < 1.29 is 4.74 Å². The third-order valence-electron chi connectivity index (χ3n) is 2.22. The summed E-state index contributed by atoms with van der Waals surface area (Å²) in [5, 5.41) is 0. The molecule has 0 saturated carbocycles. The van der Waals surface area contributed by atoms with E-state index in [1.807, 2.05) is 12.1 Å². The van der Waals surface area contributed by atoms with Crippen molar-refractivity contribution in [2.24, 2.45) is 0 Å². The maximum Gasteiger partial charge on any atom is 0.122 e. The van der Waals surface area contributed by atoms with Crippen LogP contribution >= 0.6 is 27.5 Å². The van der Waals surface area contributed by atoms with Gasteiger partial charge in [-0.3, -0.25) is 0 Å². The number of alkyl halides is 1. The molecule has 0 heterocycles. The topological polar surface area (TPSA) is 9.23 Å². The van der Waals surface area contributed by atoms with Crippen LogP contribution < -0.4 is 4.74 Å². The monoisotopic (exact) mass is 276 g/mol. The van der Waals surface area contributed by atoms with Crippen molar-refractivity contribution in [3.8, 4) is 5.75 Å². The summed E-state index contributed by atoms with van der Waals surface area (Å²) in [6.45, 7) is 4.20. The van der Waals surface area contributed by atoms with Gasteiger partial charge in [-0.25, -0.2) is 0 Å². The van der Waals surface area contributed by atoms with Crippen molar-refractivity contribution in [2.45, 2.75) is 19.3 Å². The van der Waals surface area contributed by atoms with Gasteiger partial charge in [0.1, 0.15) is 5.75 Å². The molecular weight excluding hydrogens is 263 g/mol. The lowest BCUT2D eigenvalue weighted by molar-refractivity contribution is 0.398. The minimum absolute atomic E-state index is 0.0727. The fraction of sp³-hybridized carbons (Fsp3) is 0.455. The molecule has 0 atom stereocenters. The number of hydrogen-bond acceptors (Lipinski definition) is 1. The zero-order valence-electron chi connectivity index (χ0n) is 8.60. The predicted octanol–water partition coefficient (Wildman–Crippen LogP) is 3.97. The molecular formula is C11H14BrClO. The van der Waals surface area contributed by atoms with E-state index in [1.165, 1.54) is 0 Å². The van der Waals surface area contributed by atoms with Gasteiger partial charge in [-0.05, 0) is 18.2 Å². The summed E-state index contributed by atoms with van der Waals surface area (Å²) >= 11 is 9.39. The SMILES string of the molecule is COc1ccc(Br)cc1C(C)(C)CCl. The molecule has 1 nitrogen and oxygen atoms in total. The molecule has 0 radical (unpaired) electrons. The summed E-state index contributed by atoms with van der Waals surface area (Å²) in [5.74, 6) is 1.46. The van der Waals surface area contributed by atoms with Gasteiger partial charge in [0.25, 0.3) is 0 Å². The van der Waals surface area contributed by atoms with Crippen molar-refractivity contribution in [1.29, 1.82) is 0 Å². The quantitative estimate of drug-likeness (QED) is 0.760. The highest BCUT2D eigenvalue weighted by atomic mass is 79.9. The first-order valence-electron chi connectivity index (χ1n) is 4.41. The molecule has 1 rings (SSSR count). The molecule has 0 saturated heterocycles. The number of benzene rings is 1. The molecule has 0 N–H and O–H groups in total. The molecule has 78 valence electrons. The van der Waals surface area contributed by atoms with Crippen LogP contribution in [0.4, 0.5) is 0 Å². The van der Waals surface area contributed by atoms with Gasteiger partial charge in [-0.1, -0.05) is 29.8 Å². The Kier molecular flexibility index (Phi) is 3.85. The average molecular weight is 278 g/mol. The highest BCUT2D eigenvalue weighted by molar-refractivity contribution is 9.10. The van der Waals surface area contributed by atoms with Crippen LogP contribution in [-0.2, 0) is 5.41 Å². The lowest BCUT2D eigenvalue weighted by Crippen LogP contribution is -2.20. The van der Waals surface area contributed by atoms with Gasteiger partial charge in [-0.15, -0.1) is 11.6 Å². The summed E-state index contributed by atoms with van der Waals surface area (Å²) in [4.78, 5) is 0. The number of hydrogen-bond donors (Lipinski definition) is 0. The lowest BCUT2D eigenvalue weighted by Gasteiger charge is -2.24. The van der Waals surface area contributed by atoms with E-state index in [2.05, 4.69) is 35.8 Å². The second-order valence-electron chi connectivity index (χ2n) is 3.86. The zero-order chi connectivity index (χ0) is 10.8. The smallest absolute Gasteiger partial charge is 0.122 e. The minimum atomic E-state index is -0.0727. The van der Waals surface area contributed by atoms with E-state index in [9.17, 15) is 0 Å². The van der Waals surface area contributed by atoms with Gasteiger partial charge in [0.15, 0.2) is 0 Å². The molecule has 3 heteroatoms. The van der Waals surface area contributed by atoms with E-state index in [-0.39, 0.29) is 5.41 Å². The summed E-state index contributed by atoms with van der Waals surface area (Å²) in [7, 11) is 1.68. The Hall–Kier alpha value is -0.210. The molecule has 0 aliphatic rings. The minimum Gasteiger partial charge on any atom is -0.496 e. The molecule has 1 aromatic rings. The van der Waals surface area contributed by atoms with E-state index in [0.717, 1.165) is 15.8 Å². The maximum absolute atomic E-state index is 5.94. The first kappa shape index (κ1) is 11.9. The van der Waals surface area contributed by atoms with Gasteiger partial charge in [-0.2, -0.15) is 0 Å². The average Bonchev–Trinajstić information content (AvgIpc) is 2.18. The molecule has 0 fully saturated rings. The standard InChI is InChI=1S/C11H14BrClO/c1-11(2,7-13)9-6-8(12)4-5-10(9)14-3/h4-6H,7H2,1-3H3. The van der Waals surface area contributed by atoms with Crippen LogP contribution in [0.25, 0.3) is 0 Å². The van der Waals surface area contributed by atoms with Gasteiger partial charge < -0.3 is 4.74 Å². The first-order valence-corrected chi connectivity index (χ1v) is 5.74. The number of ether oxygens (including phenoxy) is 1. The normalized spacial score (nSPS) is 11.5. The first-order chi connectivity index (χ1) is 6.51. The summed E-state index contributed by atoms with van der Waals surface area (Å²) in [5.41, 5.74) is 1.06. The van der Waals surface area contributed by atoms with E-state index < -0.39 is 0 Å². The van der Waals surface area contributed by atoms with Crippen molar-refractivity contribution in [2.75, 3.05) is 13.0 Å². The van der Waals surface area contributed by atoms with E-state index in [0.29, 0.717) is 5.88 Å². The fourth-order valence-electron chi connectivity index (χ4n) is 1.28. The van der Waals surface area contributed by atoms with E-state index >= 15 is 0 Å². The van der Waals surface area contributed by atoms with E-state index in [1.54, 1.807) is 7.11 Å². The third-order valence-corrected chi connectivity index (χ3v) is 3.39. The molecule has 0 unspecified atom stereocenters. The number of halogens is 2. The molecule has 0 bridgehead atoms. The van der Waals surface area contributed by atoms with Crippen LogP contribution in [0.2, 0.25) is 0 Å². The van der Waals surface area contributed by atoms with Crippen molar-refractivity contribution in [3.63, 3.8) is 0 Å². The predicted molar refractivity (Wildman–Crippen MR) is 64.4 cm³/mol. The Bertz CT molecular complexity index is 323. The molecule has 14 heavy (non-hydrogen) atoms. The van der Waals surface area contributed by atoms with Gasteiger partial charge in [0.05, 0.1) is 7.11 Å². The molecule has 0 aromatic heterocycles. The summed E-state index contributed by atoms with van der Waals surface area (Å²) in [6, 6.07) is 5.97. The second kappa shape index (κ2) is 4.54. The molecule has 0 spiro atoms. The Labute approximate surface area is 98.5 Å². The van der Waals surface area contributed by atoms with Gasteiger partial charge in [0, 0.05) is 21.3 Å². The summed E-state index contributed by atoms with van der Waals surface area (Å²) in [6.07, 6.45) is 0. The fourth-order valence-corrected chi connectivity index (χ4v) is 1.79. The van der Waals surface area contributed by atoms with Crippen molar-refractivity contribution in [3.05, 3.63) is 28.2 Å². The Morgan fingerprint density at radius 2 is 2.07 bits per heavy atom. The Morgan fingerprint density at radius 3 is 2.57 bits per heavy atom. The Morgan fingerprint density at radius 1 is 1.43 bits per heavy atom. The van der Waals surface area contributed by atoms with E-state index in [4.69, 9.17) is 16.3 Å². The second-order valence-corrected chi connectivity index (χ2v) is 5.05. The molecule has 1 aromatic carbocycles. The third kappa shape index (κ3) is 2.43. The highest BCUT2D eigenvalue weighted by Crippen LogP contribution is 2.34. The number of rotatable bonds is 3. The lowest BCUT2D eigenvalue weighted by atomic mass is 9.86. The van der Waals surface area contributed by atoms with Crippen LogP contribution in [-0.4, -0.2) is 13.0 Å². The van der Waals surface area contributed by atoms with Gasteiger partial charge in [0.2, 0.25) is 0 Å². The van der Waals surface area contributed by atoms with Crippen molar-refractivity contribution >= 4 is 27.5 Å². The van der Waals surface area contributed by atoms with Gasteiger partial charge >= 0.3 is 0 Å². The maximum atomic E-state index is 5.94. The zero-order valence-corrected chi connectivity index (χ0v) is 10.9.